The van der Waals surface area contributed by atoms with Crippen molar-refractivity contribution in [2.75, 3.05) is 33.0 Å². The minimum atomic E-state index is -0.905. The average Bonchev–Trinajstić information content (AvgIpc) is 2.68. The van der Waals surface area contributed by atoms with E-state index in [2.05, 4.69) is 27.2 Å². The fourth-order valence-electron chi connectivity index (χ4n) is 1.99. The summed E-state index contributed by atoms with van der Waals surface area (Å²) >= 11 is 0. The van der Waals surface area contributed by atoms with Crippen LogP contribution in [0.1, 0.15) is 31.1 Å². The Morgan fingerprint density at radius 1 is 1.33 bits per heavy atom. The third-order valence-electron chi connectivity index (χ3n) is 3.30. The highest BCUT2D eigenvalue weighted by Gasteiger charge is 2.10. The molecule has 0 bridgehead atoms. The van der Waals surface area contributed by atoms with Gasteiger partial charge in [-0.15, -0.1) is 0 Å². The standard InChI is InChI=1S/C20H27N5O5/c1-20(2,3)8-5-9-23-17(26)13-28-10-11-29-18(24-25-22)14-30-16-7-4-6-15(12-16)19(21)27/h4,6-7,12,18H,9-11,13-14H2,1-3H3,(H2,21,27)(H,23,26). The lowest BCUT2D eigenvalue weighted by Gasteiger charge is -2.14. The van der Waals surface area contributed by atoms with E-state index in [0.717, 1.165) is 0 Å². The summed E-state index contributed by atoms with van der Waals surface area (Å²) in [6, 6.07) is 6.28. The number of amides is 2. The summed E-state index contributed by atoms with van der Waals surface area (Å²) in [6.45, 7) is 6.21. The Bertz CT molecular complexity index is 819. The zero-order valence-electron chi connectivity index (χ0n) is 17.4. The molecule has 0 aliphatic carbocycles. The molecule has 0 fully saturated rings. The minimum absolute atomic E-state index is 0.0702. The summed E-state index contributed by atoms with van der Waals surface area (Å²) in [5, 5.41) is 6.12. The first-order valence-corrected chi connectivity index (χ1v) is 9.24. The number of azide groups is 1. The smallest absolute Gasteiger partial charge is 0.248 e. The summed E-state index contributed by atoms with van der Waals surface area (Å²) in [6.07, 6.45) is -0.905. The second kappa shape index (κ2) is 13.1. The van der Waals surface area contributed by atoms with Gasteiger partial charge in [-0.1, -0.05) is 23.0 Å². The van der Waals surface area contributed by atoms with E-state index in [-0.39, 0.29) is 44.3 Å². The number of nitrogens with two attached hydrogens (primary N) is 1. The van der Waals surface area contributed by atoms with Gasteiger partial charge < -0.3 is 25.3 Å². The van der Waals surface area contributed by atoms with E-state index in [0.29, 0.717) is 11.3 Å². The largest absolute Gasteiger partial charge is 0.491 e. The van der Waals surface area contributed by atoms with Crippen molar-refractivity contribution in [3.63, 3.8) is 0 Å². The number of nitrogens with one attached hydrogen (secondary N) is 1. The van der Waals surface area contributed by atoms with Crippen LogP contribution in [0, 0.1) is 17.3 Å². The fraction of sp³-hybridized carbons (Fsp3) is 0.500. The van der Waals surface area contributed by atoms with Crippen LogP contribution in [0.2, 0.25) is 0 Å². The molecule has 0 aliphatic rings. The molecule has 30 heavy (non-hydrogen) atoms. The molecule has 162 valence electrons. The molecule has 1 rings (SSSR count). The van der Waals surface area contributed by atoms with Crippen LogP contribution in [0.15, 0.2) is 29.4 Å². The number of rotatable bonds is 12. The van der Waals surface area contributed by atoms with Crippen LogP contribution in [0.4, 0.5) is 0 Å². The summed E-state index contributed by atoms with van der Waals surface area (Å²) in [5.41, 5.74) is 14.0. The maximum absolute atomic E-state index is 11.6. The molecule has 3 N–H and O–H groups in total. The van der Waals surface area contributed by atoms with Crippen molar-refractivity contribution in [1.82, 2.24) is 5.32 Å². The number of ether oxygens (including phenoxy) is 3. The molecule has 1 aromatic rings. The number of carbonyl (C=O) groups is 2. The van der Waals surface area contributed by atoms with Crippen LogP contribution in [-0.2, 0) is 14.3 Å². The summed E-state index contributed by atoms with van der Waals surface area (Å²) in [4.78, 5) is 25.5. The van der Waals surface area contributed by atoms with Crippen molar-refractivity contribution in [1.29, 1.82) is 0 Å². The zero-order chi connectivity index (χ0) is 22.4. The maximum Gasteiger partial charge on any atom is 0.248 e. The van der Waals surface area contributed by atoms with Crippen molar-refractivity contribution in [2.24, 2.45) is 16.3 Å². The van der Waals surface area contributed by atoms with E-state index < -0.39 is 12.1 Å². The van der Waals surface area contributed by atoms with Gasteiger partial charge >= 0.3 is 0 Å². The van der Waals surface area contributed by atoms with Crippen LogP contribution in [0.3, 0.4) is 0 Å². The minimum Gasteiger partial charge on any atom is -0.491 e. The van der Waals surface area contributed by atoms with Gasteiger partial charge in [0.05, 0.1) is 19.8 Å². The molecule has 0 saturated heterocycles. The predicted molar refractivity (Wildman–Crippen MR) is 110 cm³/mol. The topological polar surface area (TPSA) is 149 Å². The van der Waals surface area contributed by atoms with Gasteiger partial charge in [-0.2, -0.15) is 0 Å². The Morgan fingerprint density at radius 3 is 2.77 bits per heavy atom. The van der Waals surface area contributed by atoms with Crippen molar-refractivity contribution in [2.45, 2.75) is 27.0 Å². The summed E-state index contributed by atoms with van der Waals surface area (Å²) in [5.74, 6) is 5.40. The Balaban J connectivity index is 2.29. The van der Waals surface area contributed by atoms with Crippen molar-refractivity contribution >= 4 is 11.8 Å². The molecular formula is C20H27N5O5. The van der Waals surface area contributed by atoms with Crippen LogP contribution in [-0.4, -0.2) is 51.0 Å². The van der Waals surface area contributed by atoms with Crippen LogP contribution >= 0.6 is 0 Å². The molecule has 0 radical (unpaired) electrons. The third kappa shape index (κ3) is 11.6. The second-order valence-electron chi connectivity index (χ2n) is 7.11. The van der Waals surface area contributed by atoms with Gasteiger partial charge in [0.25, 0.3) is 0 Å². The lowest BCUT2D eigenvalue weighted by molar-refractivity contribution is -0.126. The molecule has 0 spiro atoms. The van der Waals surface area contributed by atoms with E-state index in [1.807, 2.05) is 20.8 Å². The van der Waals surface area contributed by atoms with E-state index in [1.165, 1.54) is 6.07 Å². The first-order valence-electron chi connectivity index (χ1n) is 9.24. The SMILES string of the molecule is CC(C)(C)C#CCNC(=O)COCCOC(COc1cccc(C(N)=O)c1)N=[N+]=[N-]. The molecule has 0 heterocycles. The van der Waals surface area contributed by atoms with Gasteiger partial charge in [-0.3, -0.25) is 9.59 Å². The van der Waals surface area contributed by atoms with Crippen LogP contribution in [0.5, 0.6) is 5.75 Å². The Hall–Kier alpha value is -3.25. The third-order valence-corrected chi connectivity index (χ3v) is 3.30. The molecule has 0 aromatic heterocycles. The Labute approximate surface area is 175 Å². The number of hydrogen-bond acceptors (Lipinski definition) is 6. The molecule has 2 amide bonds. The van der Waals surface area contributed by atoms with Gasteiger partial charge in [0.1, 0.15) is 19.0 Å². The molecule has 0 aliphatic heterocycles. The summed E-state index contributed by atoms with van der Waals surface area (Å²) in [7, 11) is 0. The number of primary amides is 1. The van der Waals surface area contributed by atoms with Crippen molar-refractivity contribution in [3.05, 3.63) is 40.3 Å². The fourth-order valence-corrected chi connectivity index (χ4v) is 1.99. The highest BCUT2D eigenvalue weighted by Crippen LogP contribution is 2.14. The monoisotopic (exact) mass is 417 g/mol. The zero-order valence-corrected chi connectivity index (χ0v) is 17.4. The van der Waals surface area contributed by atoms with Crippen LogP contribution < -0.4 is 15.8 Å². The lowest BCUT2D eigenvalue weighted by atomic mass is 9.98. The molecule has 1 aromatic carbocycles. The van der Waals surface area contributed by atoms with E-state index in [9.17, 15) is 9.59 Å². The number of benzene rings is 1. The maximum atomic E-state index is 11.6. The van der Waals surface area contributed by atoms with Crippen LogP contribution in [0.25, 0.3) is 10.4 Å². The highest BCUT2D eigenvalue weighted by molar-refractivity contribution is 5.93. The Morgan fingerprint density at radius 2 is 2.10 bits per heavy atom. The molecule has 1 unspecified atom stereocenters. The molecule has 0 saturated carbocycles. The number of carbonyl (C=O) groups excluding carboxylic acids is 2. The van der Waals surface area contributed by atoms with Gasteiger partial charge in [0, 0.05) is 15.9 Å². The predicted octanol–water partition coefficient (Wildman–Crippen LogP) is 2.00. The van der Waals surface area contributed by atoms with Gasteiger partial charge in [-0.25, -0.2) is 0 Å². The molecule has 10 nitrogen and oxygen atoms in total. The molecule has 1 atom stereocenters. The normalized spacial score (nSPS) is 11.4. The van der Waals surface area contributed by atoms with Crippen molar-refractivity contribution < 1.29 is 23.8 Å². The first-order chi connectivity index (χ1) is 14.2. The van der Waals surface area contributed by atoms with E-state index in [4.69, 9.17) is 25.5 Å². The second-order valence-corrected chi connectivity index (χ2v) is 7.11. The quantitative estimate of drug-likeness (QED) is 0.175. The van der Waals surface area contributed by atoms with Gasteiger partial charge in [-0.05, 0) is 44.5 Å². The van der Waals surface area contributed by atoms with Crippen molar-refractivity contribution in [3.8, 4) is 17.6 Å². The number of hydrogen-bond donors (Lipinski definition) is 2. The molecular weight excluding hydrogens is 390 g/mol. The number of nitrogens with zero attached hydrogens (tertiary/aromatic N) is 3. The van der Waals surface area contributed by atoms with Gasteiger partial charge in [0.15, 0.2) is 6.23 Å². The van der Waals surface area contributed by atoms with E-state index in [1.54, 1.807) is 18.2 Å². The first kappa shape index (κ1) is 24.8. The highest BCUT2D eigenvalue weighted by atomic mass is 16.6. The Kier molecular flexibility index (Phi) is 10.8. The van der Waals surface area contributed by atoms with Gasteiger partial charge in [0.2, 0.25) is 11.8 Å². The average molecular weight is 417 g/mol. The summed E-state index contributed by atoms with van der Waals surface area (Å²) < 4.78 is 16.1. The van der Waals surface area contributed by atoms with E-state index >= 15 is 0 Å². The lowest BCUT2D eigenvalue weighted by Crippen LogP contribution is -2.29. The molecule has 10 heteroatoms.